The van der Waals surface area contributed by atoms with Crippen LogP contribution < -0.4 is 10.6 Å². The van der Waals surface area contributed by atoms with E-state index in [1.54, 1.807) is 30.6 Å². The number of carbonyl (C=O) groups excluding carboxylic acids is 3. The molecule has 0 unspecified atom stereocenters. The average Bonchev–Trinajstić information content (AvgIpc) is 2.67. The lowest BCUT2D eigenvalue weighted by atomic mass is 9.90. The largest absolute Gasteiger partial charge is 0.349 e. The second-order valence-electron chi connectivity index (χ2n) is 6.31. The van der Waals surface area contributed by atoms with E-state index >= 15 is 0 Å². The van der Waals surface area contributed by atoms with Crippen molar-refractivity contribution in [2.45, 2.75) is 32.1 Å². The summed E-state index contributed by atoms with van der Waals surface area (Å²) in [6, 6.07) is 8.83. The van der Waals surface area contributed by atoms with Crippen LogP contribution >= 0.6 is 0 Å². The molecule has 2 N–H and O–H groups in total. The van der Waals surface area contributed by atoms with Gasteiger partial charge in [-0.25, -0.2) is 0 Å². The maximum absolute atomic E-state index is 12.3. The maximum Gasteiger partial charge on any atom is 0.292 e. The summed E-state index contributed by atoms with van der Waals surface area (Å²) in [4.78, 5) is 40.0. The first kappa shape index (κ1) is 17.8. The quantitative estimate of drug-likeness (QED) is 0.617. The van der Waals surface area contributed by atoms with E-state index in [9.17, 15) is 14.4 Å². The molecule has 0 saturated carbocycles. The minimum absolute atomic E-state index is 0.0888. The van der Waals surface area contributed by atoms with Crippen molar-refractivity contribution >= 4 is 23.3 Å². The first-order chi connectivity index (χ1) is 12.6. The normalized spacial score (nSPS) is 12.8. The van der Waals surface area contributed by atoms with Crippen LogP contribution in [0.1, 0.15) is 40.7 Å². The molecule has 6 nitrogen and oxygen atoms in total. The number of hydrogen-bond acceptors (Lipinski definition) is 4. The van der Waals surface area contributed by atoms with Gasteiger partial charge >= 0.3 is 0 Å². The minimum atomic E-state index is -0.683. The molecular weight excluding hydrogens is 330 g/mol. The van der Waals surface area contributed by atoms with Gasteiger partial charge in [0.25, 0.3) is 5.91 Å². The second kappa shape index (κ2) is 8.38. The first-order valence-electron chi connectivity index (χ1n) is 8.78. The smallest absolute Gasteiger partial charge is 0.292 e. The third kappa shape index (κ3) is 4.53. The van der Waals surface area contributed by atoms with Crippen LogP contribution in [0.5, 0.6) is 0 Å². The third-order valence-electron chi connectivity index (χ3n) is 4.42. The van der Waals surface area contributed by atoms with E-state index in [1.165, 1.54) is 12.0 Å². The molecule has 1 aromatic carbocycles. The maximum atomic E-state index is 12.3. The molecule has 0 radical (unpaired) electrons. The van der Waals surface area contributed by atoms with Gasteiger partial charge in [-0.15, -0.1) is 0 Å². The Bertz CT molecular complexity index is 818. The highest BCUT2D eigenvalue weighted by Gasteiger charge is 2.18. The first-order valence-corrected chi connectivity index (χ1v) is 8.78. The van der Waals surface area contributed by atoms with Crippen molar-refractivity contribution in [1.82, 2.24) is 10.3 Å². The van der Waals surface area contributed by atoms with Gasteiger partial charge in [0.2, 0.25) is 11.7 Å². The summed E-state index contributed by atoms with van der Waals surface area (Å²) in [7, 11) is 0. The summed E-state index contributed by atoms with van der Waals surface area (Å²) in [6.45, 7) is 0.104. The van der Waals surface area contributed by atoms with Gasteiger partial charge in [0, 0.05) is 36.6 Å². The number of rotatable bonds is 6. The molecule has 134 valence electrons. The molecule has 1 aliphatic carbocycles. The van der Waals surface area contributed by atoms with Gasteiger partial charge in [-0.1, -0.05) is 12.1 Å². The average molecular weight is 351 g/mol. The van der Waals surface area contributed by atoms with Crippen LogP contribution in [0.3, 0.4) is 0 Å². The Morgan fingerprint density at radius 2 is 1.69 bits per heavy atom. The van der Waals surface area contributed by atoms with Crippen LogP contribution in [-0.2, 0) is 22.4 Å². The molecule has 3 rings (SSSR count). The second-order valence-corrected chi connectivity index (χ2v) is 6.31. The molecule has 0 bridgehead atoms. The van der Waals surface area contributed by atoms with Crippen LogP contribution in [-0.4, -0.2) is 29.1 Å². The van der Waals surface area contributed by atoms with Gasteiger partial charge in [-0.3, -0.25) is 19.4 Å². The van der Waals surface area contributed by atoms with E-state index in [2.05, 4.69) is 15.6 Å². The Hall–Kier alpha value is -3.02. The summed E-state index contributed by atoms with van der Waals surface area (Å²) >= 11 is 0. The van der Waals surface area contributed by atoms with Crippen molar-refractivity contribution in [2.75, 3.05) is 11.9 Å². The molecule has 2 amide bonds. The zero-order valence-corrected chi connectivity index (χ0v) is 14.5. The van der Waals surface area contributed by atoms with Gasteiger partial charge in [-0.05, 0) is 55.0 Å². The van der Waals surface area contributed by atoms with Gasteiger partial charge in [0.05, 0.1) is 0 Å². The zero-order valence-electron chi connectivity index (χ0n) is 14.5. The molecule has 0 fully saturated rings. The summed E-state index contributed by atoms with van der Waals surface area (Å²) in [5, 5.41) is 5.21. The van der Waals surface area contributed by atoms with E-state index in [4.69, 9.17) is 0 Å². The number of amides is 2. The Balaban J connectivity index is 1.48. The van der Waals surface area contributed by atoms with E-state index in [0.29, 0.717) is 11.3 Å². The number of nitrogens with zero attached hydrogens (tertiary/aromatic N) is 1. The van der Waals surface area contributed by atoms with Crippen molar-refractivity contribution in [3.8, 4) is 0 Å². The Morgan fingerprint density at radius 3 is 2.46 bits per heavy atom. The monoisotopic (exact) mass is 351 g/mol. The predicted molar refractivity (Wildman–Crippen MR) is 97.9 cm³/mol. The summed E-state index contributed by atoms with van der Waals surface area (Å²) in [5.41, 5.74) is 3.47. The van der Waals surface area contributed by atoms with Crippen LogP contribution in [0.4, 0.5) is 5.69 Å². The molecular formula is C20H21N3O3. The number of anilines is 1. The summed E-state index contributed by atoms with van der Waals surface area (Å²) in [5.74, 6) is -1.48. The lowest BCUT2D eigenvalue weighted by Gasteiger charge is -2.16. The molecule has 1 aliphatic rings. The van der Waals surface area contributed by atoms with Crippen molar-refractivity contribution in [1.29, 1.82) is 0 Å². The number of hydrogen-bond donors (Lipinski definition) is 2. The third-order valence-corrected chi connectivity index (χ3v) is 4.42. The fourth-order valence-electron chi connectivity index (χ4n) is 3.03. The van der Waals surface area contributed by atoms with Gasteiger partial charge < -0.3 is 10.6 Å². The molecule has 0 spiro atoms. The molecule has 0 atom stereocenters. The number of benzene rings is 1. The topological polar surface area (TPSA) is 88.2 Å². The van der Waals surface area contributed by atoms with Crippen molar-refractivity contribution in [3.63, 3.8) is 0 Å². The van der Waals surface area contributed by atoms with E-state index in [0.717, 1.165) is 24.8 Å². The number of nitrogens with one attached hydrogen (secondary N) is 2. The molecule has 26 heavy (non-hydrogen) atoms. The highest BCUT2D eigenvalue weighted by Crippen LogP contribution is 2.22. The zero-order chi connectivity index (χ0) is 18.4. The highest BCUT2D eigenvalue weighted by molar-refractivity contribution is 6.42. The Kier molecular flexibility index (Phi) is 5.73. The van der Waals surface area contributed by atoms with Crippen LogP contribution in [0.25, 0.3) is 0 Å². The molecule has 2 aromatic rings. The van der Waals surface area contributed by atoms with Crippen LogP contribution in [0.15, 0.2) is 42.7 Å². The standard InChI is InChI=1S/C20H21N3O3/c24-18(23-17-7-10-21-11-8-17)9-12-22-20(26)19(25)16-6-5-14-3-1-2-4-15(14)13-16/h5-8,10-11,13H,1-4,9,12H2,(H,22,26)(H,21,23,24). The van der Waals surface area contributed by atoms with Gasteiger partial charge in [0.1, 0.15) is 0 Å². The predicted octanol–water partition coefficient (Wildman–Crippen LogP) is 2.29. The van der Waals surface area contributed by atoms with Crippen LogP contribution in [0, 0.1) is 0 Å². The fourth-order valence-corrected chi connectivity index (χ4v) is 3.03. The molecule has 0 aliphatic heterocycles. The number of carbonyl (C=O) groups is 3. The summed E-state index contributed by atoms with van der Waals surface area (Å²) < 4.78 is 0. The minimum Gasteiger partial charge on any atom is -0.349 e. The van der Waals surface area contributed by atoms with Crippen molar-refractivity contribution < 1.29 is 14.4 Å². The van der Waals surface area contributed by atoms with Crippen molar-refractivity contribution in [3.05, 3.63) is 59.4 Å². The number of aromatic nitrogens is 1. The van der Waals surface area contributed by atoms with Crippen LogP contribution in [0.2, 0.25) is 0 Å². The van der Waals surface area contributed by atoms with E-state index in [-0.39, 0.29) is 18.9 Å². The number of fused-ring (bicyclic) bond motifs is 1. The number of aryl methyl sites for hydroxylation is 2. The number of Topliss-reactive ketones (excluding diaryl/α,β-unsaturated/α-hetero) is 1. The van der Waals surface area contributed by atoms with E-state index in [1.807, 2.05) is 12.1 Å². The Labute approximate surface area is 152 Å². The fraction of sp³-hybridized carbons (Fsp3) is 0.300. The molecule has 0 saturated heterocycles. The number of pyridine rings is 1. The molecule has 1 heterocycles. The van der Waals surface area contributed by atoms with Gasteiger partial charge in [0.15, 0.2) is 0 Å². The lowest BCUT2D eigenvalue weighted by molar-refractivity contribution is -0.117. The van der Waals surface area contributed by atoms with Gasteiger partial charge in [-0.2, -0.15) is 0 Å². The SMILES string of the molecule is O=C(CCNC(=O)C(=O)c1ccc2c(c1)CCCC2)Nc1ccncc1. The van der Waals surface area contributed by atoms with Crippen molar-refractivity contribution in [2.24, 2.45) is 0 Å². The highest BCUT2D eigenvalue weighted by atomic mass is 16.2. The van der Waals surface area contributed by atoms with E-state index < -0.39 is 11.7 Å². The molecule has 1 aromatic heterocycles. The lowest BCUT2D eigenvalue weighted by Crippen LogP contribution is -2.33. The molecule has 6 heteroatoms. The number of ketones is 1. The Morgan fingerprint density at radius 1 is 0.962 bits per heavy atom. The summed E-state index contributed by atoms with van der Waals surface area (Å²) in [6.07, 6.45) is 7.51.